The van der Waals surface area contributed by atoms with Gasteiger partial charge in [0.2, 0.25) is 5.95 Å². The van der Waals surface area contributed by atoms with Gasteiger partial charge in [-0.15, -0.1) is 5.10 Å². The molecule has 0 aliphatic heterocycles. The molecule has 0 saturated heterocycles. The van der Waals surface area contributed by atoms with Gasteiger partial charge in [0.25, 0.3) is 5.91 Å². The lowest BCUT2D eigenvalue weighted by atomic mass is 10.1. The molecule has 1 atom stereocenters. The third-order valence-electron chi connectivity index (χ3n) is 5.55. The fourth-order valence-corrected chi connectivity index (χ4v) is 3.65. The average molecular weight is 530 g/mol. The number of rotatable bonds is 12. The van der Waals surface area contributed by atoms with Gasteiger partial charge in [-0.3, -0.25) is 4.79 Å². The van der Waals surface area contributed by atoms with Gasteiger partial charge < -0.3 is 24.8 Å². The molecule has 1 amide bonds. The van der Waals surface area contributed by atoms with Crippen molar-refractivity contribution in [2.24, 2.45) is 0 Å². The SMILES string of the molecule is COCCNC(=O)c1ccc(OC)c(Nc2ncc(-c3ccc(C#N)c(OC(C)Cn4cnnn4)c3)cn2)c1. The zero-order chi connectivity index (χ0) is 27.6. The van der Waals surface area contributed by atoms with Crippen LogP contribution in [-0.4, -0.2) is 69.6 Å². The number of amides is 1. The summed E-state index contributed by atoms with van der Waals surface area (Å²) in [5.74, 6) is 1.04. The molecule has 200 valence electrons. The van der Waals surface area contributed by atoms with E-state index in [0.29, 0.717) is 54.0 Å². The summed E-state index contributed by atoms with van der Waals surface area (Å²) >= 11 is 0. The fourth-order valence-electron chi connectivity index (χ4n) is 3.65. The third-order valence-corrected chi connectivity index (χ3v) is 5.55. The first kappa shape index (κ1) is 27.0. The molecule has 39 heavy (non-hydrogen) atoms. The Bertz CT molecular complexity index is 1440. The summed E-state index contributed by atoms with van der Waals surface area (Å²) in [6.07, 6.45) is 4.52. The summed E-state index contributed by atoms with van der Waals surface area (Å²) in [5, 5.41) is 26.5. The van der Waals surface area contributed by atoms with E-state index >= 15 is 0 Å². The van der Waals surface area contributed by atoms with Crippen LogP contribution in [0.25, 0.3) is 11.1 Å². The van der Waals surface area contributed by atoms with E-state index in [4.69, 9.17) is 14.2 Å². The van der Waals surface area contributed by atoms with Gasteiger partial charge in [0.1, 0.15) is 30.0 Å². The van der Waals surface area contributed by atoms with E-state index in [1.165, 1.54) is 13.4 Å². The predicted molar refractivity (Wildman–Crippen MR) is 141 cm³/mol. The van der Waals surface area contributed by atoms with Crippen molar-refractivity contribution in [1.29, 1.82) is 5.26 Å². The molecule has 0 saturated carbocycles. The van der Waals surface area contributed by atoms with E-state index in [0.717, 1.165) is 11.1 Å². The highest BCUT2D eigenvalue weighted by Crippen LogP contribution is 2.30. The molecule has 13 heteroatoms. The molecule has 13 nitrogen and oxygen atoms in total. The summed E-state index contributed by atoms with van der Waals surface area (Å²) in [5.41, 5.74) is 2.89. The molecule has 2 aromatic carbocycles. The summed E-state index contributed by atoms with van der Waals surface area (Å²) in [4.78, 5) is 21.3. The van der Waals surface area contributed by atoms with E-state index in [-0.39, 0.29) is 12.0 Å². The second-order valence-electron chi connectivity index (χ2n) is 8.37. The number of aromatic nitrogens is 6. The van der Waals surface area contributed by atoms with Crippen molar-refractivity contribution in [2.75, 3.05) is 32.7 Å². The molecule has 2 N–H and O–H groups in total. The Morgan fingerprint density at radius 1 is 1.10 bits per heavy atom. The lowest BCUT2D eigenvalue weighted by Gasteiger charge is -2.16. The number of nitrogens with one attached hydrogen (secondary N) is 2. The molecule has 0 aliphatic carbocycles. The summed E-state index contributed by atoms with van der Waals surface area (Å²) in [6, 6.07) is 12.4. The number of carbonyl (C=O) groups excluding carboxylic acids is 1. The Morgan fingerprint density at radius 2 is 1.92 bits per heavy atom. The van der Waals surface area contributed by atoms with Crippen LogP contribution < -0.4 is 20.1 Å². The number of carbonyl (C=O) groups is 1. The number of nitrogens with zero attached hydrogens (tertiary/aromatic N) is 7. The largest absolute Gasteiger partial charge is 0.495 e. The highest BCUT2D eigenvalue weighted by atomic mass is 16.5. The van der Waals surface area contributed by atoms with Crippen molar-refractivity contribution in [3.8, 4) is 28.7 Å². The minimum atomic E-state index is -0.286. The van der Waals surface area contributed by atoms with Gasteiger partial charge in [-0.05, 0) is 53.2 Å². The molecular formula is C26H27N9O4. The maximum absolute atomic E-state index is 12.4. The van der Waals surface area contributed by atoms with Gasteiger partial charge in [-0.2, -0.15) is 5.26 Å². The van der Waals surface area contributed by atoms with Crippen molar-refractivity contribution in [1.82, 2.24) is 35.5 Å². The smallest absolute Gasteiger partial charge is 0.251 e. The second-order valence-corrected chi connectivity index (χ2v) is 8.37. The number of anilines is 2. The average Bonchev–Trinajstić information content (AvgIpc) is 3.46. The van der Waals surface area contributed by atoms with E-state index in [9.17, 15) is 10.1 Å². The zero-order valence-electron chi connectivity index (χ0n) is 21.7. The van der Waals surface area contributed by atoms with Crippen LogP contribution in [0.4, 0.5) is 11.6 Å². The Labute approximate surface area is 224 Å². The van der Waals surface area contributed by atoms with Gasteiger partial charge in [-0.1, -0.05) is 6.07 Å². The quantitative estimate of drug-likeness (QED) is 0.259. The minimum absolute atomic E-state index is 0.236. The molecule has 2 aromatic heterocycles. The number of hydrogen-bond acceptors (Lipinski definition) is 11. The molecule has 0 aliphatic rings. The Hall–Kier alpha value is -5.09. The van der Waals surface area contributed by atoms with Crippen LogP contribution in [0.2, 0.25) is 0 Å². The topological polar surface area (TPSA) is 162 Å². The summed E-state index contributed by atoms with van der Waals surface area (Å²) in [7, 11) is 3.11. The summed E-state index contributed by atoms with van der Waals surface area (Å²) in [6.45, 7) is 3.10. The van der Waals surface area contributed by atoms with Crippen molar-refractivity contribution >= 4 is 17.5 Å². The van der Waals surface area contributed by atoms with Gasteiger partial charge in [0.05, 0.1) is 31.5 Å². The van der Waals surface area contributed by atoms with Crippen LogP contribution in [0.15, 0.2) is 55.1 Å². The lowest BCUT2D eigenvalue weighted by molar-refractivity contribution is 0.0937. The molecule has 0 bridgehead atoms. The Kier molecular flexibility index (Phi) is 8.94. The highest BCUT2D eigenvalue weighted by Gasteiger charge is 2.14. The summed E-state index contributed by atoms with van der Waals surface area (Å²) < 4.78 is 18.0. The van der Waals surface area contributed by atoms with Crippen LogP contribution in [0.1, 0.15) is 22.8 Å². The van der Waals surface area contributed by atoms with Crippen molar-refractivity contribution in [3.63, 3.8) is 0 Å². The normalized spacial score (nSPS) is 11.3. The molecule has 2 heterocycles. The predicted octanol–water partition coefficient (Wildman–Crippen LogP) is 2.60. The van der Waals surface area contributed by atoms with Gasteiger partial charge in [0, 0.05) is 37.2 Å². The molecule has 0 fully saturated rings. The maximum Gasteiger partial charge on any atom is 0.251 e. The monoisotopic (exact) mass is 529 g/mol. The van der Waals surface area contributed by atoms with Crippen LogP contribution >= 0.6 is 0 Å². The van der Waals surface area contributed by atoms with Crippen molar-refractivity contribution in [2.45, 2.75) is 19.6 Å². The van der Waals surface area contributed by atoms with E-state index in [1.807, 2.05) is 6.92 Å². The van der Waals surface area contributed by atoms with E-state index in [1.54, 1.807) is 60.6 Å². The second kappa shape index (κ2) is 12.9. The third kappa shape index (κ3) is 7.02. The van der Waals surface area contributed by atoms with E-state index < -0.39 is 0 Å². The first-order valence-electron chi connectivity index (χ1n) is 12.0. The molecule has 0 radical (unpaired) electrons. The fraction of sp³-hybridized carbons (Fsp3) is 0.269. The standard InChI is InChI=1S/C26H27N9O4/c1-17(15-35-16-31-33-34-35)39-24-11-18(4-5-20(24)12-27)21-13-29-26(30-14-21)32-22-10-19(6-7-23(22)38-3)25(36)28-8-9-37-2/h4-7,10-11,13-14,16-17H,8-9,15H2,1-3H3,(H,28,36)(H,29,30,32). The number of ether oxygens (including phenoxy) is 3. The van der Waals surface area contributed by atoms with Gasteiger partial charge >= 0.3 is 0 Å². The van der Waals surface area contributed by atoms with Gasteiger partial charge in [0.15, 0.2) is 0 Å². The number of hydrogen-bond donors (Lipinski definition) is 2. The first-order valence-corrected chi connectivity index (χ1v) is 12.0. The number of nitriles is 1. The van der Waals surface area contributed by atoms with E-state index in [2.05, 4.69) is 42.2 Å². The lowest BCUT2D eigenvalue weighted by Crippen LogP contribution is -2.26. The highest BCUT2D eigenvalue weighted by molar-refractivity contribution is 5.95. The molecule has 4 aromatic rings. The van der Waals surface area contributed by atoms with Crippen LogP contribution in [0.3, 0.4) is 0 Å². The first-order chi connectivity index (χ1) is 19.0. The van der Waals surface area contributed by atoms with Gasteiger partial charge in [-0.25, -0.2) is 14.6 Å². The van der Waals surface area contributed by atoms with Crippen molar-refractivity contribution in [3.05, 3.63) is 66.2 Å². The molecule has 1 unspecified atom stereocenters. The zero-order valence-corrected chi connectivity index (χ0v) is 21.7. The molecule has 0 spiro atoms. The Balaban J connectivity index is 1.49. The van der Waals surface area contributed by atoms with Crippen molar-refractivity contribution < 1.29 is 19.0 Å². The Morgan fingerprint density at radius 3 is 2.62 bits per heavy atom. The number of methoxy groups -OCH3 is 2. The van der Waals surface area contributed by atoms with Crippen LogP contribution in [-0.2, 0) is 11.3 Å². The van der Waals surface area contributed by atoms with Crippen LogP contribution in [0, 0.1) is 11.3 Å². The number of benzene rings is 2. The maximum atomic E-state index is 12.4. The minimum Gasteiger partial charge on any atom is -0.495 e. The van der Waals surface area contributed by atoms with Crippen LogP contribution in [0.5, 0.6) is 11.5 Å². The number of tetrazole rings is 1. The molecule has 4 rings (SSSR count). The molecular weight excluding hydrogens is 502 g/mol.